The molecule has 0 saturated heterocycles. The zero-order valence-corrected chi connectivity index (χ0v) is 7.48. The molecule has 0 fully saturated rings. The van der Waals surface area contributed by atoms with Gasteiger partial charge in [-0.1, -0.05) is 11.2 Å². The van der Waals surface area contributed by atoms with E-state index in [2.05, 4.69) is 15.0 Å². The Bertz CT molecular complexity index is 434. The number of carbonyl (C=O) groups is 1. The molecular weight excluding hydrogens is 206 g/mol. The molecule has 1 aromatic rings. The first-order valence-corrected chi connectivity index (χ1v) is 4.20. The number of carbonyl (C=O) groups excluding carboxylic acids is 1. The third kappa shape index (κ3) is 2.15. The lowest BCUT2D eigenvalue weighted by Gasteiger charge is -2.06. The van der Waals surface area contributed by atoms with Gasteiger partial charge in [-0.25, -0.2) is 13.6 Å². The molecule has 0 saturated carbocycles. The Morgan fingerprint density at radius 2 is 2.20 bits per heavy atom. The molecule has 1 aromatic carbocycles. The summed E-state index contributed by atoms with van der Waals surface area (Å²) in [6.45, 7) is 0. The van der Waals surface area contributed by atoms with E-state index in [0.29, 0.717) is 0 Å². The fourth-order valence-corrected chi connectivity index (χ4v) is 1.23. The number of benzene rings is 1. The standard InChI is InChI=1S/C9H6F2N2O2/c10-6-2-1-5(7(11)4-6)3-8-12-13-9(14)15-8/h1-2,4,8H,3H2. The van der Waals surface area contributed by atoms with Crippen LogP contribution in [-0.2, 0) is 11.2 Å². The lowest BCUT2D eigenvalue weighted by molar-refractivity contribution is 0.132. The highest BCUT2D eigenvalue weighted by Crippen LogP contribution is 2.16. The molecule has 1 heterocycles. The van der Waals surface area contributed by atoms with Crippen molar-refractivity contribution >= 4 is 6.09 Å². The predicted molar refractivity (Wildman–Crippen MR) is 45.2 cm³/mol. The molecule has 78 valence electrons. The van der Waals surface area contributed by atoms with Crippen molar-refractivity contribution in [1.29, 1.82) is 0 Å². The minimum absolute atomic E-state index is 0.0569. The Hall–Kier alpha value is -1.85. The normalized spacial score (nSPS) is 19.3. The maximum absolute atomic E-state index is 13.1. The lowest BCUT2D eigenvalue weighted by Crippen LogP contribution is -2.11. The molecule has 0 radical (unpaired) electrons. The van der Waals surface area contributed by atoms with Gasteiger partial charge in [0.1, 0.15) is 11.6 Å². The van der Waals surface area contributed by atoms with E-state index in [4.69, 9.17) is 0 Å². The summed E-state index contributed by atoms with van der Waals surface area (Å²) in [4.78, 5) is 10.5. The second-order valence-electron chi connectivity index (χ2n) is 2.99. The Balaban J connectivity index is 2.11. The lowest BCUT2D eigenvalue weighted by atomic mass is 10.1. The molecule has 1 amide bonds. The van der Waals surface area contributed by atoms with Crippen LogP contribution in [0.1, 0.15) is 5.56 Å². The number of hydrogen-bond donors (Lipinski definition) is 0. The maximum atomic E-state index is 13.1. The molecule has 2 rings (SSSR count). The fourth-order valence-electron chi connectivity index (χ4n) is 1.23. The summed E-state index contributed by atoms with van der Waals surface area (Å²) in [5, 5.41) is 6.60. The molecule has 0 bridgehead atoms. The summed E-state index contributed by atoms with van der Waals surface area (Å²) in [7, 11) is 0. The van der Waals surface area contributed by atoms with Gasteiger partial charge in [0.05, 0.1) is 0 Å². The molecule has 0 aliphatic carbocycles. The van der Waals surface area contributed by atoms with E-state index in [1.165, 1.54) is 6.07 Å². The van der Waals surface area contributed by atoms with Gasteiger partial charge in [0.2, 0.25) is 6.23 Å². The van der Waals surface area contributed by atoms with Gasteiger partial charge in [0.15, 0.2) is 0 Å². The van der Waals surface area contributed by atoms with Gasteiger partial charge in [0, 0.05) is 12.5 Å². The van der Waals surface area contributed by atoms with E-state index in [9.17, 15) is 13.6 Å². The van der Waals surface area contributed by atoms with E-state index in [1.54, 1.807) is 0 Å². The average Bonchev–Trinajstić information content (AvgIpc) is 2.56. The van der Waals surface area contributed by atoms with Crippen LogP contribution < -0.4 is 0 Å². The first-order valence-electron chi connectivity index (χ1n) is 4.20. The van der Waals surface area contributed by atoms with Gasteiger partial charge in [-0.05, 0) is 11.6 Å². The van der Waals surface area contributed by atoms with Gasteiger partial charge < -0.3 is 4.74 Å². The van der Waals surface area contributed by atoms with Gasteiger partial charge in [-0.3, -0.25) is 0 Å². The van der Waals surface area contributed by atoms with Crippen LogP contribution in [0.2, 0.25) is 0 Å². The zero-order valence-electron chi connectivity index (χ0n) is 7.48. The van der Waals surface area contributed by atoms with Crippen LogP contribution in [-0.4, -0.2) is 12.3 Å². The molecule has 1 aliphatic heterocycles. The number of cyclic esters (lactones) is 1. The number of nitrogens with zero attached hydrogens (tertiary/aromatic N) is 2. The van der Waals surface area contributed by atoms with Gasteiger partial charge in [-0.2, -0.15) is 0 Å². The maximum Gasteiger partial charge on any atom is 0.454 e. The van der Waals surface area contributed by atoms with Crippen molar-refractivity contribution in [2.75, 3.05) is 0 Å². The number of halogens is 2. The summed E-state index contributed by atoms with van der Waals surface area (Å²) in [5.74, 6) is -1.34. The quantitative estimate of drug-likeness (QED) is 0.755. The Labute approximate surface area is 83.6 Å². The minimum atomic E-state index is -0.808. The Kier molecular flexibility index (Phi) is 2.40. The number of amides is 1. The van der Waals surface area contributed by atoms with Crippen LogP contribution in [0.25, 0.3) is 0 Å². The van der Waals surface area contributed by atoms with Crippen LogP contribution in [0.4, 0.5) is 13.6 Å². The van der Waals surface area contributed by atoms with Crippen LogP contribution in [0.15, 0.2) is 28.4 Å². The second kappa shape index (κ2) is 3.72. The van der Waals surface area contributed by atoms with E-state index in [0.717, 1.165) is 12.1 Å². The van der Waals surface area contributed by atoms with E-state index >= 15 is 0 Å². The topological polar surface area (TPSA) is 51.0 Å². The van der Waals surface area contributed by atoms with E-state index < -0.39 is 24.0 Å². The van der Waals surface area contributed by atoms with Crippen molar-refractivity contribution < 1.29 is 18.3 Å². The largest absolute Gasteiger partial charge is 0.454 e. The van der Waals surface area contributed by atoms with Crippen molar-refractivity contribution in [2.45, 2.75) is 12.6 Å². The molecule has 15 heavy (non-hydrogen) atoms. The summed E-state index contributed by atoms with van der Waals surface area (Å²) in [6.07, 6.45) is -1.54. The monoisotopic (exact) mass is 212 g/mol. The van der Waals surface area contributed by atoms with E-state index in [-0.39, 0.29) is 12.0 Å². The second-order valence-corrected chi connectivity index (χ2v) is 2.99. The van der Waals surface area contributed by atoms with Crippen LogP contribution in [0.5, 0.6) is 0 Å². The molecular formula is C9H6F2N2O2. The highest BCUT2D eigenvalue weighted by atomic mass is 19.1. The number of azo groups is 1. The summed E-state index contributed by atoms with van der Waals surface area (Å²) in [5.41, 5.74) is 0.232. The zero-order chi connectivity index (χ0) is 10.8. The fraction of sp³-hybridized carbons (Fsp3) is 0.222. The number of hydrogen-bond acceptors (Lipinski definition) is 3. The van der Waals surface area contributed by atoms with Gasteiger partial charge >= 0.3 is 6.09 Å². The number of ether oxygens (including phenoxy) is 1. The molecule has 1 aliphatic rings. The smallest absolute Gasteiger partial charge is 0.419 e. The van der Waals surface area contributed by atoms with Crippen LogP contribution in [0, 0.1) is 11.6 Å². The molecule has 0 N–H and O–H groups in total. The molecule has 6 heteroatoms. The Morgan fingerprint density at radius 3 is 2.80 bits per heavy atom. The molecule has 1 atom stereocenters. The molecule has 0 spiro atoms. The SMILES string of the molecule is O=C1N=NC(Cc2ccc(F)cc2F)O1. The van der Waals surface area contributed by atoms with Crippen molar-refractivity contribution in [3.8, 4) is 0 Å². The average molecular weight is 212 g/mol. The first kappa shape index (κ1) is 9.70. The number of rotatable bonds is 2. The molecule has 4 nitrogen and oxygen atoms in total. The summed E-state index contributed by atoms with van der Waals surface area (Å²) in [6, 6.07) is 3.18. The van der Waals surface area contributed by atoms with Crippen molar-refractivity contribution in [3.63, 3.8) is 0 Å². The van der Waals surface area contributed by atoms with E-state index in [1.807, 2.05) is 0 Å². The van der Waals surface area contributed by atoms with Crippen molar-refractivity contribution in [1.82, 2.24) is 0 Å². The highest BCUT2D eigenvalue weighted by Gasteiger charge is 2.21. The van der Waals surface area contributed by atoms with Crippen LogP contribution >= 0.6 is 0 Å². The third-order valence-electron chi connectivity index (χ3n) is 1.91. The Morgan fingerprint density at radius 1 is 1.40 bits per heavy atom. The van der Waals surface area contributed by atoms with Crippen molar-refractivity contribution in [2.24, 2.45) is 10.2 Å². The first-order chi connectivity index (χ1) is 7.15. The summed E-state index contributed by atoms with van der Waals surface area (Å²) < 4.78 is 30.3. The van der Waals surface area contributed by atoms with Gasteiger partial charge in [0.25, 0.3) is 0 Å². The predicted octanol–water partition coefficient (Wildman–Crippen LogP) is 2.44. The highest BCUT2D eigenvalue weighted by molar-refractivity contribution is 5.68. The molecule has 0 aromatic heterocycles. The minimum Gasteiger partial charge on any atom is -0.419 e. The molecule has 1 unspecified atom stereocenters. The summed E-state index contributed by atoms with van der Waals surface area (Å²) >= 11 is 0. The van der Waals surface area contributed by atoms with Crippen LogP contribution in [0.3, 0.4) is 0 Å². The van der Waals surface area contributed by atoms with Crippen molar-refractivity contribution in [3.05, 3.63) is 35.4 Å². The van der Waals surface area contributed by atoms with Gasteiger partial charge in [-0.15, -0.1) is 5.11 Å². The third-order valence-corrected chi connectivity index (χ3v) is 1.91.